The van der Waals surface area contributed by atoms with Gasteiger partial charge in [0.25, 0.3) is 0 Å². The van der Waals surface area contributed by atoms with E-state index in [0.717, 1.165) is 51.4 Å². The molecule has 0 aromatic rings. The lowest BCUT2D eigenvalue weighted by Crippen LogP contribution is -2.45. The van der Waals surface area contributed by atoms with E-state index in [9.17, 15) is 19.8 Å². The Morgan fingerprint density at radius 1 is 0.400 bits per heavy atom. The number of amides is 1. The van der Waals surface area contributed by atoms with Crippen LogP contribution in [0.4, 0.5) is 0 Å². The van der Waals surface area contributed by atoms with Gasteiger partial charge in [0, 0.05) is 12.8 Å². The second-order valence-corrected chi connectivity index (χ2v) is 21.4. The first-order valence-corrected chi connectivity index (χ1v) is 31.2. The number of carbonyl (C=O) groups is 2. The van der Waals surface area contributed by atoms with E-state index in [4.69, 9.17) is 4.74 Å². The molecular formula is C64H121NO5. The van der Waals surface area contributed by atoms with Gasteiger partial charge in [-0.15, -0.1) is 0 Å². The highest BCUT2D eigenvalue weighted by atomic mass is 16.5. The first-order chi connectivity index (χ1) is 34.5. The summed E-state index contributed by atoms with van der Waals surface area (Å²) in [6, 6.07) is -0.545. The van der Waals surface area contributed by atoms with Gasteiger partial charge in [-0.1, -0.05) is 275 Å². The molecule has 1 amide bonds. The monoisotopic (exact) mass is 984 g/mol. The van der Waals surface area contributed by atoms with Crippen LogP contribution in [0.3, 0.4) is 0 Å². The van der Waals surface area contributed by atoms with Crippen LogP contribution < -0.4 is 5.32 Å². The molecule has 0 rings (SSSR count). The summed E-state index contributed by atoms with van der Waals surface area (Å²) in [5.74, 6) is -0.0401. The summed E-state index contributed by atoms with van der Waals surface area (Å²) in [4.78, 5) is 24.5. The molecule has 0 aromatic carbocycles. The molecule has 0 bridgehead atoms. The third-order valence-corrected chi connectivity index (χ3v) is 14.4. The molecule has 0 aliphatic heterocycles. The smallest absolute Gasteiger partial charge is 0.305 e. The van der Waals surface area contributed by atoms with Crippen molar-refractivity contribution in [1.82, 2.24) is 5.32 Å². The number of rotatable bonds is 58. The maximum absolute atomic E-state index is 12.5. The molecule has 0 radical (unpaired) electrons. The van der Waals surface area contributed by atoms with Gasteiger partial charge in [-0.3, -0.25) is 9.59 Å². The minimum absolute atomic E-state index is 0.00146. The van der Waals surface area contributed by atoms with Crippen LogP contribution in [0.1, 0.15) is 335 Å². The van der Waals surface area contributed by atoms with E-state index in [-0.39, 0.29) is 18.5 Å². The van der Waals surface area contributed by atoms with Crippen LogP contribution >= 0.6 is 0 Å². The highest BCUT2D eigenvalue weighted by Crippen LogP contribution is 2.17. The van der Waals surface area contributed by atoms with E-state index < -0.39 is 12.1 Å². The minimum Gasteiger partial charge on any atom is -0.466 e. The largest absolute Gasteiger partial charge is 0.466 e. The maximum atomic E-state index is 12.5. The van der Waals surface area contributed by atoms with Gasteiger partial charge >= 0.3 is 5.97 Å². The Morgan fingerprint density at radius 3 is 1.13 bits per heavy atom. The second-order valence-electron chi connectivity index (χ2n) is 21.4. The van der Waals surface area contributed by atoms with Crippen LogP contribution in [0.15, 0.2) is 36.5 Å². The van der Waals surface area contributed by atoms with Crippen molar-refractivity contribution in [3.05, 3.63) is 36.5 Å². The van der Waals surface area contributed by atoms with Gasteiger partial charge in [-0.05, 0) is 83.5 Å². The molecule has 0 saturated carbocycles. The third kappa shape index (κ3) is 55.4. The van der Waals surface area contributed by atoms with Crippen molar-refractivity contribution in [2.75, 3.05) is 13.2 Å². The van der Waals surface area contributed by atoms with Crippen molar-refractivity contribution in [3.8, 4) is 0 Å². The number of ether oxygens (including phenoxy) is 1. The molecule has 0 spiro atoms. The van der Waals surface area contributed by atoms with E-state index in [2.05, 4.69) is 55.6 Å². The number of carbonyl (C=O) groups excluding carboxylic acids is 2. The predicted molar refractivity (Wildman–Crippen MR) is 306 cm³/mol. The third-order valence-electron chi connectivity index (χ3n) is 14.4. The number of aliphatic hydroxyl groups is 2. The van der Waals surface area contributed by atoms with E-state index >= 15 is 0 Å². The molecule has 2 atom stereocenters. The Balaban J connectivity index is 3.40. The first kappa shape index (κ1) is 68.1. The molecule has 0 aliphatic carbocycles. The molecule has 2 unspecified atom stereocenters. The van der Waals surface area contributed by atoms with E-state index in [0.29, 0.717) is 25.9 Å². The molecule has 0 saturated heterocycles. The van der Waals surface area contributed by atoms with Crippen LogP contribution in [0.25, 0.3) is 0 Å². The fourth-order valence-electron chi connectivity index (χ4n) is 9.61. The molecule has 0 heterocycles. The molecule has 412 valence electrons. The number of esters is 1. The topological polar surface area (TPSA) is 95.9 Å². The van der Waals surface area contributed by atoms with E-state index in [1.165, 1.54) is 250 Å². The number of nitrogens with one attached hydrogen (secondary N) is 1. The Labute approximate surface area is 436 Å². The summed E-state index contributed by atoms with van der Waals surface area (Å²) in [6.45, 7) is 4.93. The molecule has 6 nitrogen and oxygen atoms in total. The lowest BCUT2D eigenvalue weighted by molar-refractivity contribution is -0.143. The normalized spacial score (nSPS) is 12.8. The maximum Gasteiger partial charge on any atom is 0.305 e. The molecule has 3 N–H and O–H groups in total. The van der Waals surface area contributed by atoms with Crippen molar-refractivity contribution < 1.29 is 24.5 Å². The molecule has 0 aromatic heterocycles. The highest BCUT2D eigenvalue weighted by Gasteiger charge is 2.20. The molecule has 6 heteroatoms. The average Bonchev–Trinajstić information content (AvgIpc) is 3.36. The van der Waals surface area contributed by atoms with Crippen molar-refractivity contribution in [3.63, 3.8) is 0 Å². The zero-order valence-corrected chi connectivity index (χ0v) is 47.0. The van der Waals surface area contributed by atoms with Crippen LogP contribution in [0.5, 0.6) is 0 Å². The van der Waals surface area contributed by atoms with Crippen LogP contribution in [-0.4, -0.2) is 47.4 Å². The van der Waals surface area contributed by atoms with Crippen molar-refractivity contribution >= 4 is 11.9 Å². The van der Waals surface area contributed by atoms with Crippen LogP contribution in [0.2, 0.25) is 0 Å². The summed E-state index contributed by atoms with van der Waals surface area (Å²) >= 11 is 0. The average molecular weight is 985 g/mol. The van der Waals surface area contributed by atoms with Gasteiger partial charge in [-0.25, -0.2) is 0 Å². The van der Waals surface area contributed by atoms with Crippen LogP contribution in [0, 0.1) is 0 Å². The SMILES string of the molecule is CCCCC/C=C\C/C=C\CCCCCCCC(=O)OCCCCCCCCCCCCCC/C=C\CCCCCCCCCCC(=O)NC(CO)C(O)CCCCCCCCCCCCCCCC. The first-order valence-electron chi connectivity index (χ1n) is 31.2. The van der Waals surface area contributed by atoms with Crippen molar-refractivity contribution in [2.45, 2.75) is 347 Å². The molecular weight excluding hydrogens is 863 g/mol. The van der Waals surface area contributed by atoms with Gasteiger partial charge in [0.1, 0.15) is 0 Å². The Kier molecular flexibility index (Phi) is 58.0. The van der Waals surface area contributed by atoms with Gasteiger partial charge in [-0.2, -0.15) is 0 Å². The Bertz CT molecular complexity index is 1130. The zero-order chi connectivity index (χ0) is 50.7. The number of unbranched alkanes of at least 4 members (excludes halogenated alkanes) is 41. The number of hydrogen-bond donors (Lipinski definition) is 3. The number of hydrogen-bond acceptors (Lipinski definition) is 5. The van der Waals surface area contributed by atoms with E-state index in [1.54, 1.807) is 0 Å². The Hall–Kier alpha value is -1.92. The van der Waals surface area contributed by atoms with Crippen LogP contribution in [-0.2, 0) is 14.3 Å². The Morgan fingerprint density at radius 2 is 0.714 bits per heavy atom. The van der Waals surface area contributed by atoms with E-state index in [1.807, 2.05) is 0 Å². The van der Waals surface area contributed by atoms with Gasteiger partial charge in [0.2, 0.25) is 5.91 Å². The number of allylic oxidation sites excluding steroid dienone is 6. The van der Waals surface area contributed by atoms with Crippen molar-refractivity contribution in [2.24, 2.45) is 0 Å². The predicted octanol–water partition coefficient (Wildman–Crippen LogP) is 19.6. The quantitative estimate of drug-likeness (QED) is 0.0321. The summed E-state index contributed by atoms with van der Waals surface area (Å²) in [5.41, 5.74) is 0. The highest BCUT2D eigenvalue weighted by molar-refractivity contribution is 5.76. The van der Waals surface area contributed by atoms with Gasteiger partial charge < -0.3 is 20.3 Å². The molecule has 0 fully saturated rings. The lowest BCUT2D eigenvalue weighted by Gasteiger charge is -2.22. The van der Waals surface area contributed by atoms with Gasteiger partial charge in [0.15, 0.2) is 0 Å². The summed E-state index contributed by atoms with van der Waals surface area (Å²) in [6.07, 6.45) is 74.4. The molecule has 0 aliphatic rings. The molecule has 70 heavy (non-hydrogen) atoms. The van der Waals surface area contributed by atoms with Crippen molar-refractivity contribution in [1.29, 1.82) is 0 Å². The summed E-state index contributed by atoms with van der Waals surface area (Å²) < 4.78 is 5.48. The fourth-order valence-corrected chi connectivity index (χ4v) is 9.61. The fraction of sp³-hybridized carbons (Fsp3) is 0.875. The summed E-state index contributed by atoms with van der Waals surface area (Å²) in [5, 5.41) is 23.3. The minimum atomic E-state index is -0.667. The zero-order valence-electron chi connectivity index (χ0n) is 47.0. The van der Waals surface area contributed by atoms with Gasteiger partial charge in [0.05, 0.1) is 25.4 Å². The number of aliphatic hydroxyl groups excluding tert-OH is 2. The lowest BCUT2D eigenvalue weighted by atomic mass is 10.0. The summed E-state index contributed by atoms with van der Waals surface area (Å²) in [7, 11) is 0. The second kappa shape index (κ2) is 59.6. The standard InChI is InChI=1S/C64H121NO5/c1-3-5-7-9-11-13-15-17-29-34-38-42-46-50-54-58-64(69)70-59-55-51-47-43-39-35-31-28-26-24-22-20-19-21-23-25-27-30-33-37-41-45-49-53-57-63(68)65-61(60-66)62(67)56-52-48-44-40-36-32-18-16-14-12-10-8-6-4-2/h11,13,17,21,23,29,61-62,66-67H,3-10,12,14-16,18-20,22,24-28,30-60H2,1-2H3,(H,65,68)/b13-11-,23-21-,29-17-.